The van der Waals surface area contributed by atoms with E-state index in [0.29, 0.717) is 18.2 Å². The van der Waals surface area contributed by atoms with E-state index in [0.717, 1.165) is 22.6 Å². The van der Waals surface area contributed by atoms with Gasteiger partial charge < -0.3 is 20.3 Å². The number of hydrogen-bond acceptors (Lipinski definition) is 7. The zero-order chi connectivity index (χ0) is 24.5. The van der Waals surface area contributed by atoms with Gasteiger partial charge in [0.1, 0.15) is 18.0 Å². The van der Waals surface area contributed by atoms with Crippen LogP contribution >= 0.6 is 11.3 Å². The maximum atomic E-state index is 13.3. The summed E-state index contributed by atoms with van der Waals surface area (Å²) >= 11 is 1.33. The Morgan fingerprint density at radius 3 is 2.43 bits per heavy atom. The number of thiazole rings is 1. The molecule has 35 heavy (non-hydrogen) atoms. The molecule has 0 fully saturated rings. The van der Waals surface area contributed by atoms with Gasteiger partial charge in [-0.05, 0) is 47.5 Å². The Labute approximate surface area is 207 Å². The Kier molecular flexibility index (Phi) is 8.03. The summed E-state index contributed by atoms with van der Waals surface area (Å²) in [5, 5.41) is 8.34. The van der Waals surface area contributed by atoms with Crippen molar-refractivity contribution in [3.05, 3.63) is 101 Å². The summed E-state index contributed by atoms with van der Waals surface area (Å²) in [4.78, 5) is 36.0. The van der Waals surface area contributed by atoms with Crippen LogP contribution in [0.25, 0.3) is 0 Å². The number of carbonyl (C=O) groups excluding carboxylic acids is 2. The fourth-order valence-electron chi connectivity index (χ4n) is 3.32. The highest BCUT2D eigenvalue weighted by Gasteiger charge is 2.22. The normalized spacial score (nSPS) is 10.4. The number of pyridine rings is 1. The summed E-state index contributed by atoms with van der Waals surface area (Å²) in [7, 11) is 1.61. The second kappa shape index (κ2) is 11.8. The summed E-state index contributed by atoms with van der Waals surface area (Å²) < 4.78 is 5.18. The van der Waals surface area contributed by atoms with Crippen LogP contribution in [0.15, 0.2) is 84.5 Å². The summed E-state index contributed by atoms with van der Waals surface area (Å²) in [6.07, 6.45) is 3.35. The third-order valence-corrected chi connectivity index (χ3v) is 5.90. The molecule has 0 spiro atoms. The molecule has 2 aromatic heterocycles. The molecular weight excluding hydrogens is 462 g/mol. The predicted molar refractivity (Wildman–Crippen MR) is 136 cm³/mol. The number of carbonyl (C=O) groups is 2. The van der Waals surface area contributed by atoms with Gasteiger partial charge in [-0.15, -0.1) is 11.3 Å². The lowest BCUT2D eigenvalue weighted by Crippen LogP contribution is -2.40. The Morgan fingerprint density at radius 1 is 0.971 bits per heavy atom. The van der Waals surface area contributed by atoms with Crippen LogP contribution in [0.1, 0.15) is 21.6 Å². The molecule has 4 aromatic rings. The Hall–Kier alpha value is -4.24. The predicted octanol–water partition coefficient (Wildman–Crippen LogP) is 4.25. The number of rotatable bonds is 10. The maximum Gasteiger partial charge on any atom is 0.274 e. The first-order valence-electron chi connectivity index (χ1n) is 11.0. The van der Waals surface area contributed by atoms with E-state index in [1.165, 1.54) is 16.2 Å². The van der Waals surface area contributed by atoms with Crippen LogP contribution in [0.4, 0.5) is 10.8 Å². The maximum absolute atomic E-state index is 13.3. The van der Waals surface area contributed by atoms with Crippen molar-refractivity contribution in [3.63, 3.8) is 0 Å². The monoisotopic (exact) mass is 487 g/mol. The SMILES string of the molecule is COc1ccc(Nc2nc(C(=O)N(CC(=O)NCc3ccncc3)Cc3ccccc3)cs2)cc1. The van der Waals surface area contributed by atoms with Crippen LogP contribution < -0.4 is 15.4 Å². The molecule has 2 amide bonds. The minimum Gasteiger partial charge on any atom is -0.497 e. The van der Waals surface area contributed by atoms with Crippen molar-refractivity contribution in [2.75, 3.05) is 19.0 Å². The number of ether oxygens (including phenoxy) is 1. The lowest BCUT2D eigenvalue weighted by Gasteiger charge is -2.21. The van der Waals surface area contributed by atoms with Crippen molar-refractivity contribution >= 4 is 34.0 Å². The van der Waals surface area contributed by atoms with Gasteiger partial charge in [0.2, 0.25) is 5.91 Å². The fraction of sp³-hybridized carbons (Fsp3) is 0.154. The first kappa shape index (κ1) is 23.9. The number of benzene rings is 2. The molecule has 0 saturated carbocycles. The lowest BCUT2D eigenvalue weighted by atomic mass is 10.2. The van der Waals surface area contributed by atoms with Gasteiger partial charge in [0.25, 0.3) is 5.91 Å². The number of amides is 2. The first-order valence-corrected chi connectivity index (χ1v) is 11.8. The van der Waals surface area contributed by atoms with Crippen molar-refractivity contribution in [2.45, 2.75) is 13.1 Å². The molecule has 0 unspecified atom stereocenters. The Balaban J connectivity index is 1.44. The third-order valence-electron chi connectivity index (χ3n) is 5.14. The van der Waals surface area contributed by atoms with Gasteiger partial charge in [-0.2, -0.15) is 0 Å². The topological polar surface area (TPSA) is 96.5 Å². The van der Waals surface area contributed by atoms with E-state index < -0.39 is 0 Å². The summed E-state index contributed by atoms with van der Waals surface area (Å²) in [5.74, 6) is 0.189. The van der Waals surface area contributed by atoms with E-state index in [2.05, 4.69) is 20.6 Å². The molecule has 2 aromatic carbocycles. The highest BCUT2D eigenvalue weighted by atomic mass is 32.1. The van der Waals surface area contributed by atoms with Crippen LogP contribution in [-0.4, -0.2) is 40.3 Å². The van der Waals surface area contributed by atoms with Crippen molar-refractivity contribution in [1.29, 1.82) is 0 Å². The molecular formula is C26H25N5O3S. The van der Waals surface area contributed by atoms with E-state index in [4.69, 9.17) is 4.74 Å². The summed E-state index contributed by atoms with van der Waals surface area (Å²) in [5.41, 5.74) is 2.97. The first-order chi connectivity index (χ1) is 17.1. The van der Waals surface area contributed by atoms with E-state index >= 15 is 0 Å². The quantitative estimate of drug-likeness (QED) is 0.347. The lowest BCUT2D eigenvalue weighted by molar-refractivity contribution is -0.122. The minimum absolute atomic E-state index is 0.0857. The minimum atomic E-state index is -0.313. The Bertz CT molecular complexity index is 1250. The average molecular weight is 488 g/mol. The van der Waals surface area contributed by atoms with E-state index in [1.54, 1.807) is 24.9 Å². The molecule has 9 heteroatoms. The van der Waals surface area contributed by atoms with E-state index in [-0.39, 0.29) is 24.1 Å². The van der Waals surface area contributed by atoms with Crippen molar-refractivity contribution in [1.82, 2.24) is 20.2 Å². The average Bonchev–Trinajstić information content (AvgIpc) is 3.37. The largest absolute Gasteiger partial charge is 0.497 e. The molecule has 0 aliphatic heterocycles. The zero-order valence-corrected chi connectivity index (χ0v) is 20.0. The van der Waals surface area contributed by atoms with Crippen LogP contribution in [0.2, 0.25) is 0 Å². The molecule has 0 aliphatic carbocycles. The van der Waals surface area contributed by atoms with Gasteiger partial charge in [-0.1, -0.05) is 30.3 Å². The highest BCUT2D eigenvalue weighted by molar-refractivity contribution is 7.14. The Morgan fingerprint density at radius 2 is 1.71 bits per heavy atom. The fourth-order valence-corrected chi connectivity index (χ4v) is 4.03. The van der Waals surface area contributed by atoms with Gasteiger partial charge in [0, 0.05) is 36.6 Å². The highest BCUT2D eigenvalue weighted by Crippen LogP contribution is 2.23. The molecule has 0 atom stereocenters. The number of anilines is 2. The van der Waals surface area contributed by atoms with Gasteiger partial charge in [-0.3, -0.25) is 14.6 Å². The van der Waals surface area contributed by atoms with Crippen molar-refractivity contribution in [3.8, 4) is 5.75 Å². The number of aromatic nitrogens is 2. The molecule has 178 valence electrons. The molecule has 2 heterocycles. The number of methoxy groups -OCH3 is 1. The molecule has 0 bridgehead atoms. The summed E-state index contributed by atoms with van der Waals surface area (Å²) in [6.45, 7) is 0.569. The molecule has 0 saturated heterocycles. The van der Waals surface area contributed by atoms with E-state index in [9.17, 15) is 9.59 Å². The molecule has 0 radical (unpaired) electrons. The number of hydrogen-bond donors (Lipinski definition) is 2. The molecule has 8 nitrogen and oxygen atoms in total. The number of nitrogens with one attached hydrogen (secondary N) is 2. The number of nitrogens with zero attached hydrogens (tertiary/aromatic N) is 3. The summed E-state index contributed by atoms with van der Waals surface area (Å²) in [6, 6.07) is 20.7. The van der Waals surface area contributed by atoms with Gasteiger partial charge >= 0.3 is 0 Å². The molecule has 2 N–H and O–H groups in total. The van der Waals surface area contributed by atoms with Gasteiger partial charge in [0.05, 0.1) is 7.11 Å². The van der Waals surface area contributed by atoms with Crippen molar-refractivity contribution < 1.29 is 14.3 Å². The smallest absolute Gasteiger partial charge is 0.274 e. The van der Waals surface area contributed by atoms with Crippen LogP contribution in [0.5, 0.6) is 5.75 Å². The van der Waals surface area contributed by atoms with Crippen LogP contribution in [-0.2, 0) is 17.9 Å². The van der Waals surface area contributed by atoms with Gasteiger partial charge in [-0.25, -0.2) is 4.98 Å². The zero-order valence-electron chi connectivity index (χ0n) is 19.2. The van der Waals surface area contributed by atoms with Crippen molar-refractivity contribution in [2.24, 2.45) is 0 Å². The molecule has 0 aliphatic rings. The second-order valence-corrected chi connectivity index (χ2v) is 8.53. The van der Waals surface area contributed by atoms with Crippen LogP contribution in [0.3, 0.4) is 0 Å². The second-order valence-electron chi connectivity index (χ2n) is 7.67. The molecule has 4 rings (SSSR count). The van der Waals surface area contributed by atoms with Crippen LogP contribution in [0, 0.1) is 0 Å². The van der Waals surface area contributed by atoms with E-state index in [1.807, 2.05) is 66.7 Å². The standard InChI is InChI=1S/C26H25N5O3S/c1-34-22-9-7-21(8-10-22)29-26-30-23(18-35-26)25(33)31(16-20-5-3-2-4-6-20)17-24(32)28-15-19-11-13-27-14-12-19/h2-14,18H,15-17H2,1H3,(H,28,32)(H,29,30). The third kappa shape index (κ3) is 6.87. The van der Waals surface area contributed by atoms with Gasteiger partial charge in [0.15, 0.2) is 5.13 Å².